The summed E-state index contributed by atoms with van der Waals surface area (Å²) in [7, 11) is 0. The third kappa shape index (κ3) is 6.96. The van der Waals surface area contributed by atoms with Gasteiger partial charge in [-0.1, -0.05) is 56.8 Å². The lowest BCUT2D eigenvalue weighted by molar-refractivity contribution is 0.0524. The maximum absolute atomic E-state index is 12.3. The van der Waals surface area contributed by atoms with Crippen LogP contribution in [-0.2, 0) is 4.74 Å². The number of carbonyl (C=O) groups excluding carboxylic acids is 1. The smallest absolute Gasteiger partial charge is 0.319 e. The van der Waals surface area contributed by atoms with Gasteiger partial charge in [0.15, 0.2) is 11.3 Å². The molecule has 1 heterocycles. The summed E-state index contributed by atoms with van der Waals surface area (Å²) in [6, 6.07) is 7.04. The molecule has 1 aliphatic heterocycles. The molecule has 1 aromatic rings. The van der Waals surface area contributed by atoms with Gasteiger partial charge in [0.2, 0.25) is 3.79 Å². The largest absolute Gasteiger partial charge is 0.378 e. The van der Waals surface area contributed by atoms with Gasteiger partial charge in [-0.05, 0) is 30.4 Å². The van der Waals surface area contributed by atoms with Crippen LogP contribution in [0.2, 0.25) is 0 Å². The van der Waals surface area contributed by atoms with Gasteiger partial charge in [0, 0.05) is 23.2 Å². The van der Waals surface area contributed by atoms with Crippen molar-refractivity contribution < 1.29 is 9.53 Å². The molecule has 11 heteroatoms. The Morgan fingerprint density at radius 2 is 1.96 bits per heavy atom. The van der Waals surface area contributed by atoms with Crippen molar-refractivity contribution in [2.24, 2.45) is 0 Å². The lowest BCUT2D eigenvalue weighted by Gasteiger charge is -2.32. The Kier molecular flexibility index (Phi) is 7.85. The van der Waals surface area contributed by atoms with Crippen LogP contribution in [0.4, 0.5) is 10.5 Å². The molecule has 0 saturated carbocycles. The highest BCUT2D eigenvalue weighted by Gasteiger charge is 2.35. The van der Waals surface area contributed by atoms with Gasteiger partial charge in [0.05, 0.1) is 13.2 Å². The Labute approximate surface area is 174 Å². The third-order valence-electron chi connectivity index (χ3n) is 3.25. The minimum absolute atomic E-state index is 0.205. The van der Waals surface area contributed by atoms with Crippen molar-refractivity contribution in [1.29, 1.82) is 0 Å². The van der Waals surface area contributed by atoms with E-state index in [1.54, 1.807) is 4.90 Å². The lowest BCUT2D eigenvalue weighted by Crippen LogP contribution is -2.59. The van der Waals surface area contributed by atoms with Crippen molar-refractivity contribution in [2.75, 3.05) is 31.6 Å². The second-order valence-electron chi connectivity index (χ2n) is 5.13. The quantitative estimate of drug-likeness (QED) is 0.344. The van der Waals surface area contributed by atoms with Crippen LogP contribution >= 0.6 is 63.0 Å². The molecule has 138 valence electrons. The number of alkyl halides is 3. The van der Waals surface area contributed by atoms with E-state index in [0.717, 1.165) is 10.2 Å². The first-order valence-corrected chi connectivity index (χ1v) is 9.62. The van der Waals surface area contributed by atoms with Gasteiger partial charge >= 0.3 is 6.03 Å². The van der Waals surface area contributed by atoms with Crippen LogP contribution in [0.5, 0.6) is 0 Å². The molecule has 1 saturated heterocycles. The zero-order valence-corrected chi connectivity index (χ0v) is 17.6. The molecular weight excluding hydrogens is 475 g/mol. The van der Waals surface area contributed by atoms with Crippen LogP contribution in [0, 0.1) is 0 Å². The number of benzene rings is 1. The first-order valence-electron chi connectivity index (χ1n) is 7.28. The number of thiocarbonyl (C=S) groups is 1. The van der Waals surface area contributed by atoms with Crippen molar-refractivity contribution in [3.05, 3.63) is 28.7 Å². The molecule has 0 bridgehead atoms. The Balaban J connectivity index is 1.97. The number of anilines is 1. The number of carbonyl (C=O) groups is 1. The number of rotatable bonds is 3. The maximum atomic E-state index is 12.3. The van der Waals surface area contributed by atoms with Crippen LogP contribution < -0.4 is 16.0 Å². The molecule has 6 nitrogen and oxygen atoms in total. The number of hydrogen-bond donors (Lipinski definition) is 3. The van der Waals surface area contributed by atoms with Crippen molar-refractivity contribution in [3.8, 4) is 0 Å². The molecule has 0 aromatic heterocycles. The normalized spacial score (nSPS) is 16.1. The highest BCUT2D eigenvalue weighted by molar-refractivity contribution is 9.10. The summed E-state index contributed by atoms with van der Waals surface area (Å²) < 4.78 is 4.30. The van der Waals surface area contributed by atoms with Gasteiger partial charge < -0.3 is 25.6 Å². The average molecular weight is 491 g/mol. The zero-order chi connectivity index (χ0) is 18.4. The molecule has 2 rings (SSSR count). The summed E-state index contributed by atoms with van der Waals surface area (Å²) in [5.74, 6) is 0. The number of morpholine rings is 1. The van der Waals surface area contributed by atoms with E-state index in [9.17, 15) is 4.79 Å². The van der Waals surface area contributed by atoms with E-state index in [0.29, 0.717) is 26.3 Å². The number of nitrogens with one attached hydrogen (secondary N) is 3. The summed E-state index contributed by atoms with van der Waals surface area (Å²) in [6.45, 7) is 1.89. The number of urea groups is 1. The molecule has 0 aliphatic carbocycles. The number of ether oxygens (including phenoxy) is 1. The van der Waals surface area contributed by atoms with E-state index in [4.69, 9.17) is 51.8 Å². The number of hydrogen-bond acceptors (Lipinski definition) is 3. The highest BCUT2D eigenvalue weighted by atomic mass is 79.9. The van der Waals surface area contributed by atoms with Crippen molar-refractivity contribution >= 4 is 79.8 Å². The Hall–Kier alpha value is -0.510. The summed E-state index contributed by atoms with van der Waals surface area (Å²) in [6.07, 6.45) is -1.01. The second kappa shape index (κ2) is 9.43. The van der Waals surface area contributed by atoms with Crippen LogP contribution in [0.25, 0.3) is 0 Å². The standard InChI is InChI=1S/C14H16BrCl3N4O2S/c15-9-2-1-3-10(8-9)19-12(25)20-11(14(16,17)18)21-13(23)22-4-6-24-7-5-22/h1-3,8,11H,4-7H2,(H,21,23)(H2,19,20,25)/t11-/m0/s1. The predicted molar refractivity (Wildman–Crippen MR) is 109 cm³/mol. The molecule has 25 heavy (non-hydrogen) atoms. The fourth-order valence-corrected chi connectivity index (χ4v) is 3.01. The van der Waals surface area contributed by atoms with Crippen molar-refractivity contribution in [3.63, 3.8) is 0 Å². The zero-order valence-electron chi connectivity index (χ0n) is 12.9. The Bertz CT molecular complexity index is 626. The van der Waals surface area contributed by atoms with E-state index < -0.39 is 9.96 Å². The SMILES string of the molecule is O=C(N[C@H](NC(=S)Nc1cccc(Br)c1)C(Cl)(Cl)Cl)N1CCOCC1. The van der Waals surface area contributed by atoms with Crippen LogP contribution in [0.15, 0.2) is 28.7 Å². The van der Waals surface area contributed by atoms with Crippen LogP contribution in [0.1, 0.15) is 0 Å². The molecular formula is C14H16BrCl3N4O2S. The maximum Gasteiger partial charge on any atom is 0.319 e. The van der Waals surface area contributed by atoms with Crippen LogP contribution in [0.3, 0.4) is 0 Å². The first-order chi connectivity index (χ1) is 11.8. The molecule has 0 unspecified atom stereocenters. The molecule has 0 spiro atoms. The molecule has 1 atom stereocenters. The Morgan fingerprint density at radius 1 is 1.28 bits per heavy atom. The molecule has 3 N–H and O–H groups in total. The molecule has 2 amide bonds. The Morgan fingerprint density at radius 3 is 2.56 bits per heavy atom. The van der Waals surface area contributed by atoms with Gasteiger partial charge in [-0.3, -0.25) is 0 Å². The van der Waals surface area contributed by atoms with E-state index in [-0.39, 0.29) is 11.1 Å². The van der Waals surface area contributed by atoms with Gasteiger partial charge in [-0.2, -0.15) is 0 Å². The fourth-order valence-electron chi connectivity index (χ4n) is 2.05. The fraction of sp³-hybridized carbons (Fsp3) is 0.429. The van der Waals surface area contributed by atoms with E-state index in [1.165, 1.54) is 0 Å². The van der Waals surface area contributed by atoms with Gasteiger partial charge in [-0.25, -0.2) is 4.79 Å². The number of halogens is 4. The topological polar surface area (TPSA) is 65.6 Å². The summed E-state index contributed by atoms with van der Waals surface area (Å²) in [4.78, 5) is 13.9. The van der Waals surface area contributed by atoms with E-state index in [1.807, 2.05) is 24.3 Å². The van der Waals surface area contributed by atoms with Gasteiger partial charge in [0.25, 0.3) is 0 Å². The van der Waals surface area contributed by atoms with Gasteiger partial charge in [-0.15, -0.1) is 0 Å². The first kappa shape index (κ1) is 20.8. The van der Waals surface area contributed by atoms with E-state index >= 15 is 0 Å². The molecule has 1 aromatic carbocycles. The van der Waals surface area contributed by atoms with Gasteiger partial charge in [0.1, 0.15) is 0 Å². The number of nitrogens with zero attached hydrogens (tertiary/aromatic N) is 1. The highest BCUT2D eigenvalue weighted by Crippen LogP contribution is 2.29. The minimum atomic E-state index is -1.80. The molecule has 1 aliphatic rings. The number of amides is 2. The molecule has 1 fully saturated rings. The average Bonchev–Trinajstić information content (AvgIpc) is 2.54. The lowest BCUT2D eigenvalue weighted by atomic mass is 10.3. The van der Waals surface area contributed by atoms with E-state index in [2.05, 4.69) is 31.9 Å². The summed E-state index contributed by atoms with van der Waals surface area (Å²) in [5.41, 5.74) is 0.745. The minimum Gasteiger partial charge on any atom is -0.378 e. The van der Waals surface area contributed by atoms with Crippen molar-refractivity contribution in [2.45, 2.75) is 9.96 Å². The predicted octanol–water partition coefficient (Wildman–Crippen LogP) is 3.47. The monoisotopic (exact) mass is 488 g/mol. The third-order valence-corrected chi connectivity index (χ3v) is 4.62. The second-order valence-corrected chi connectivity index (χ2v) is 8.83. The molecule has 0 radical (unpaired) electrons. The van der Waals surface area contributed by atoms with Crippen LogP contribution in [-0.4, -0.2) is 52.3 Å². The summed E-state index contributed by atoms with van der Waals surface area (Å²) in [5, 5.41) is 8.63. The summed E-state index contributed by atoms with van der Waals surface area (Å²) >= 11 is 26.5. The van der Waals surface area contributed by atoms with Crippen molar-refractivity contribution in [1.82, 2.24) is 15.5 Å².